The normalized spacial score (nSPS) is 15.2. The Kier molecular flexibility index (Phi) is 4.53. The fraction of sp³-hybridized carbons (Fsp3) is 0.500. The molecular weight excluding hydrogens is 292 g/mol. The molecule has 0 unspecified atom stereocenters. The van der Waals surface area contributed by atoms with Gasteiger partial charge in [0.1, 0.15) is 0 Å². The van der Waals surface area contributed by atoms with Gasteiger partial charge in [0.05, 0.1) is 10.5 Å². The lowest BCUT2D eigenvalue weighted by atomic mass is 10.2. The second-order valence-corrected chi connectivity index (χ2v) is 7.44. The van der Waals surface area contributed by atoms with Gasteiger partial charge in [-0.05, 0) is 37.0 Å². The predicted octanol–water partition coefficient (Wildman–Crippen LogP) is 1.89. The zero-order valence-corrected chi connectivity index (χ0v) is 12.9. The number of carbonyl (C=O) groups is 1. The van der Waals surface area contributed by atoms with Gasteiger partial charge >= 0.3 is 5.97 Å². The number of carboxylic acid groups (broad SMARTS) is 1. The Bertz CT molecular complexity index is 636. The van der Waals surface area contributed by atoms with Crippen molar-refractivity contribution in [1.29, 1.82) is 0 Å². The Morgan fingerprint density at radius 3 is 2.57 bits per heavy atom. The molecule has 6 nitrogen and oxygen atoms in total. The number of hydrogen-bond donors (Lipinski definition) is 3. The van der Waals surface area contributed by atoms with Crippen LogP contribution in [0.2, 0.25) is 0 Å². The highest BCUT2D eigenvalue weighted by atomic mass is 32.2. The third-order valence-electron chi connectivity index (χ3n) is 3.15. The van der Waals surface area contributed by atoms with E-state index in [1.54, 1.807) is 0 Å². The first-order valence-corrected chi connectivity index (χ1v) is 8.41. The van der Waals surface area contributed by atoms with Crippen molar-refractivity contribution in [2.45, 2.75) is 37.6 Å². The van der Waals surface area contributed by atoms with Crippen LogP contribution < -0.4 is 10.0 Å². The van der Waals surface area contributed by atoms with E-state index in [0.717, 1.165) is 12.8 Å². The molecule has 0 aromatic heterocycles. The van der Waals surface area contributed by atoms with Crippen LogP contribution in [0.25, 0.3) is 0 Å². The quantitative estimate of drug-likeness (QED) is 0.714. The summed E-state index contributed by atoms with van der Waals surface area (Å²) in [6.45, 7) is 4.11. The number of carboxylic acids is 1. The number of rotatable bonds is 7. The van der Waals surface area contributed by atoms with Crippen molar-refractivity contribution >= 4 is 21.7 Å². The van der Waals surface area contributed by atoms with E-state index in [1.165, 1.54) is 18.2 Å². The summed E-state index contributed by atoms with van der Waals surface area (Å²) in [5.74, 6) is -0.964. The fourth-order valence-electron chi connectivity index (χ4n) is 1.80. The summed E-state index contributed by atoms with van der Waals surface area (Å²) in [6, 6.07) is 4.45. The molecule has 0 spiro atoms. The molecule has 2 rings (SSSR count). The van der Waals surface area contributed by atoms with Crippen molar-refractivity contribution in [3.05, 3.63) is 23.8 Å². The van der Waals surface area contributed by atoms with Gasteiger partial charge in [-0.15, -0.1) is 0 Å². The summed E-state index contributed by atoms with van der Waals surface area (Å²) in [5.41, 5.74) is 0.446. The molecule has 3 N–H and O–H groups in total. The van der Waals surface area contributed by atoms with Crippen LogP contribution in [0.4, 0.5) is 5.69 Å². The van der Waals surface area contributed by atoms with E-state index in [0.29, 0.717) is 18.3 Å². The molecule has 0 atom stereocenters. The lowest BCUT2D eigenvalue weighted by molar-refractivity contribution is 0.0697. The van der Waals surface area contributed by atoms with E-state index in [9.17, 15) is 18.3 Å². The molecule has 116 valence electrons. The lowest BCUT2D eigenvalue weighted by Gasteiger charge is -2.12. The van der Waals surface area contributed by atoms with Gasteiger partial charge in [0.25, 0.3) is 0 Å². The van der Waals surface area contributed by atoms with Crippen LogP contribution in [0.15, 0.2) is 23.1 Å². The number of nitrogens with one attached hydrogen (secondary N) is 2. The van der Waals surface area contributed by atoms with E-state index < -0.39 is 16.0 Å². The minimum Gasteiger partial charge on any atom is -0.478 e. The van der Waals surface area contributed by atoms with Crippen LogP contribution in [0.3, 0.4) is 0 Å². The highest BCUT2D eigenvalue weighted by molar-refractivity contribution is 7.89. The summed E-state index contributed by atoms with van der Waals surface area (Å²) in [7, 11) is -3.68. The average molecular weight is 312 g/mol. The second-order valence-electron chi connectivity index (χ2n) is 5.68. The fourth-order valence-corrected chi connectivity index (χ4v) is 3.04. The minimum atomic E-state index is -3.68. The van der Waals surface area contributed by atoms with Crippen LogP contribution in [0.5, 0.6) is 0 Å². The molecule has 1 aliphatic rings. The maximum atomic E-state index is 12.1. The number of hydrogen-bond acceptors (Lipinski definition) is 4. The van der Waals surface area contributed by atoms with Gasteiger partial charge in [-0.1, -0.05) is 13.8 Å². The minimum absolute atomic E-state index is 0.0191. The van der Waals surface area contributed by atoms with Crippen molar-refractivity contribution in [2.24, 2.45) is 5.92 Å². The van der Waals surface area contributed by atoms with Gasteiger partial charge in [0.15, 0.2) is 0 Å². The maximum Gasteiger partial charge on any atom is 0.337 e. The van der Waals surface area contributed by atoms with E-state index in [4.69, 9.17) is 0 Å². The van der Waals surface area contributed by atoms with Crippen LogP contribution in [-0.4, -0.2) is 32.1 Å². The molecule has 0 amide bonds. The van der Waals surface area contributed by atoms with Crippen molar-refractivity contribution in [3.8, 4) is 0 Å². The Balaban J connectivity index is 2.28. The van der Waals surface area contributed by atoms with E-state index in [2.05, 4.69) is 10.0 Å². The van der Waals surface area contributed by atoms with E-state index >= 15 is 0 Å². The molecule has 1 aromatic carbocycles. The third-order valence-corrected chi connectivity index (χ3v) is 4.57. The molecule has 1 aromatic rings. The average Bonchev–Trinajstić information content (AvgIpc) is 3.20. The number of aromatic carboxylic acids is 1. The largest absolute Gasteiger partial charge is 0.478 e. The first-order valence-electron chi connectivity index (χ1n) is 6.93. The molecule has 1 saturated carbocycles. The molecule has 7 heteroatoms. The van der Waals surface area contributed by atoms with Crippen molar-refractivity contribution in [2.75, 3.05) is 11.9 Å². The zero-order chi connectivity index (χ0) is 15.6. The van der Waals surface area contributed by atoms with Gasteiger partial charge in [-0.2, -0.15) is 0 Å². The highest BCUT2D eigenvalue weighted by Crippen LogP contribution is 2.28. The number of benzene rings is 1. The summed E-state index contributed by atoms with van der Waals surface area (Å²) >= 11 is 0. The van der Waals surface area contributed by atoms with Crippen molar-refractivity contribution < 1.29 is 18.3 Å². The highest BCUT2D eigenvalue weighted by Gasteiger charge is 2.24. The Labute approximate surface area is 124 Å². The van der Waals surface area contributed by atoms with Gasteiger partial charge in [-0.25, -0.2) is 17.9 Å². The van der Waals surface area contributed by atoms with Gasteiger partial charge in [0.2, 0.25) is 10.0 Å². The number of anilines is 1. The molecule has 0 heterocycles. The number of sulfonamides is 1. The SMILES string of the molecule is CC(C)CNS(=O)(=O)c1ccc(NC2CC2)c(C(=O)O)c1. The van der Waals surface area contributed by atoms with E-state index in [-0.39, 0.29) is 16.4 Å². The van der Waals surface area contributed by atoms with Crippen LogP contribution in [-0.2, 0) is 10.0 Å². The zero-order valence-electron chi connectivity index (χ0n) is 12.1. The van der Waals surface area contributed by atoms with Crippen molar-refractivity contribution in [3.63, 3.8) is 0 Å². The topological polar surface area (TPSA) is 95.5 Å². The van der Waals surface area contributed by atoms with Gasteiger partial charge in [0, 0.05) is 18.3 Å². The third kappa shape index (κ3) is 4.18. The molecule has 0 aliphatic heterocycles. The molecule has 1 fully saturated rings. The molecule has 21 heavy (non-hydrogen) atoms. The van der Waals surface area contributed by atoms with Crippen LogP contribution >= 0.6 is 0 Å². The summed E-state index contributed by atoms with van der Waals surface area (Å²) in [5, 5.41) is 12.4. The molecular formula is C14H20N2O4S. The van der Waals surface area contributed by atoms with Gasteiger partial charge < -0.3 is 10.4 Å². The molecule has 0 bridgehead atoms. The first kappa shape index (κ1) is 15.8. The molecule has 1 aliphatic carbocycles. The Morgan fingerprint density at radius 1 is 1.38 bits per heavy atom. The summed E-state index contributed by atoms with van der Waals surface area (Å²) < 4.78 is 26.7. The Morgan fingerprint density at radius 2 is 2.05 bits per heavy atom. The predicted molar refractivity (Wildman–Crippen MR) is 80.1 cm³/mol. The smallest absolute Gasteiger partial charge is 0.337 e. The first-order chi connectivity index (χ1) is 9.79. The van der Waals surface area contributed by atoms with Crippen LogP contribution in [0, 0.1) is 5.92 Å². The summed E-state index contributed by atoms with van der Waals surface area (Å²) in [6.07, 6.45) is 2.02. The maximum absolute atomic E-state index is 12.1. The molecule has 0 radical (unpaired) electrons. The Hall–Kier alpha value is -1.60. The van der Waals surface area contributed by atoms with E-state index in [1.807, 2.05) is 13.8 Å². The second kappa shape index (κ2) is 6.03. The molecule has 0 saturated heterocycles. The van der Waals surface area contributed by atoms with Crippen molar-refractivity contribution in [1.82, 2.24) is 4.72 Å². The summed E-state index contributed by atoms with van der Waals surface area (Å²) in [4.78, 5) is 11.3. The lowest BCUT2D eigenvalue weighted by Crippen LogP contribution is -2.27. The van der Waals surface area contributed by atoms with Crippen LogP contribution in [0.1, 0.15) is 37.0 Å². The monoisotopic (exact) mass is 312 g/mol. The standard InChI is InChI=1S/C14H20N2O4S/c1-9(2)8-15-21(19,20)11-5-6-13(16-10-3-4-10)12(7-11)14(17)18/h5-7,9-10,15-16H,3-4,8H2,1-2H3,(H,17,18). The van der Waals surface area contributed by atoms with Gasteiger partial charge in [-0.3, -0.25) is 0 Å².